The highest BCUT2D eigenvalue weighted by Crippen LogP contribution is 2.44. The van der Waals surface area contributed by atoms with E-state index in [0.29, 0.717) is 13.0 Å². The second-order valence-corrected chi connectivity index (χ2v) is 8.26. The van der Waals surface area contributed by atoms with Gasteiger partial charge in [-0.1, -0.05) is 30.3 Å². The first-order valence-electron chi connectivity index (χ1n) is 9.66. The van der Waals surface area contributed by atoms with E-state index in [1.807, 2.05) is 30.3 Å². The van der Waals surface area contributed by atoms with E-state index in [9.17, 15) is 14.2 Å². The number of ether oxygens (including phenoxy) is 2. The molecule has 29 heavy (non-hydrogen) atoms. The minimum absolute atomic E-state index is 0.135. The fourth-order valence-electron chi connectivity index (χ4n) is 3.04. The van der Waals surface area contributed by atoms with Crippen molar-refractivity contribution in [2.45, 2.75) is 45.9 Å². The van der Waals surface area contributed by atoms with Crippen LogP contribution in [0.3, 0.4) is 0 Å². The van der Waals surface area contributed by atoms with Gasteiger partial charge in [0.2, 0.25) is 0 Å². The smallest absolute Gasteiger partial charge is 0.410 e. The lowest BCUT2D eigenvalue weighted by Gasteiger charge is -2.38. The molecule has 0 bridgehead atoms. The largest absolute Gasteiger partial charge is 0.461 e. The lowest BCUT2D eigenvalue weighted by Crippen LogP contribution is -2.55. The van der Waals surface area contributed by atoms with Gasteiger partial charge in [0, 0.05) is 26.4 Å². The summed E-state index contributed by atoms with van der Waals surface area (Å²) in [6.07, 6.45) is -0.694. The number of hydrogen-bond donors (Lipinski definition) is 1. The van der Waals surface area contributed by atoms with Gasteiger partial charge >= 0.3 is 19.8 Å². The predicted molar refractivity (Wildman–Crippen MR) is 106 cm³/mol. The topological polar surface area (TPSA) is 103 Å². The summed E-state index contributed by atoms with van der Waals surface area (Å²) in [6.45, 7) is 5.69. The van der Waals surface area contributed by atoms with Crippen molar-refractivity contribution in [2.24, 2.45) is 0 Å². The fourth-order valence-corrected chi connectivity index (χ4v) is 4.60. The quantitative estimate of drug-likeness (QED) is 0.473. The van der Waals surface area contributed by atoms with Gasteiger partial charge in [-0.3, -0.25) is 13.8 Å². The van der Waals surface area contributed by atoms with Crippen LogP contribution >= 0.6 is 7.75 Å². The minimum atomic E-state index is -3.61. The molecule has 0 radical (unpaired) electrons. The number of piperidine rings is 1. The second-order valence-electron chi connectivity index (χ2n) is 6.49. The molecule has 1 fully saturated rings. The maximum absolute atomic E-state index is 12.9. The van der Waals surface area contributed by atoms with Gasteiger partial charge in [0.15, 0.2) is 0 Å². The summed E-state index contributed by atoms with van der Waals surface area (Å²) in [6, 6.07) is 8.73. The number of nitrogens with one attached hydrogen (secondary N) is 1. The molecule has 0 aliphatic carbocycles. The SMILES string of the molecule is CCOP(=O)(N[C@@H]1CN(C(=O)OCc2ccccc2)CC[C@H]1OC(C)=O)OCC. The van der Waals surface area contributed by atoms with Gasteiger partial charge in [-0.15, -0.1) is 0 Å². The van der Waals surface area contributed by atoms with E-state index >= 15 is 0 Å². The highest BCUT2D eigenvalue weighted by molar-refractivity contribution is 7.51. The number of likely N-dealkylation sites (tertiary alicyclic amines) is 1. The Bertz CT molecular complexity index is 706. The molecule has 10 heteroatoms. The summed E-state index contributed by atoms with van der Waals surface area (Å²) < 4.78 is 34.1. The maximum Gasteiger partial charge on any atom is 0.410 e. The maximum atomic E-state index is 12.9. The van der Waals surface area contributed by atoms with Gasteiger partial charge in [0.25, 0.3) is 0 Å². The summed E-state index contributed by atoms with van der Waals surface area (Å²) in [7, 11) is -3.61. The molecule has 0 unspecified atom stereocenters. The van der Waals surface area contributed by atoms with Crippen LogP contribution in [0.1, 0.15) is 32.8 Å². The Morgan fingerprint density at radius 1 is 1.17 bits per heavy atom. The van der Waals surface area contributed by atoms with E-state index in [1.165, 1.54) is 11.8 Å². The molecule has 0 aromatic heterocycles. The van der Waals surface area contributed by atoms with Crippen LogP contribution in [0.25, 0.3) is 0 Å². The number of rotatable bonds is 9. The summed E-state index contributed by atoms with van der Waals surface area (Å²) in [5, 5.41) is 2.83. The molecule has 0 spiro atoms. The predicted octanol–water partition coefficient (Wildman–Crippen LogP) is 3.10. The fraction of sp³-hybridized carbons (Fsp3) is 0.579. The molecule has 2 rings (SSSR count). The molecule has 1 amide bonds. The van der Waals surface area contributed by atoms with Crippen LogP contribution in [0.15, 0.2) is 30.3 Å². The van der Waals surface area contributed by atoms with E-state index in [-0.39, 0.29) is 26.4 Å². The van der Waals surface area contributed by atoms with Crippen molar-refractivity contribution in [1.29, 1.82) is 0 Å². The van der Waals surface area contributed by atoms with Crippen LogP contribution < -0.4 is 5.09 Å². The highest BCUT2D eigenvalue weighted by Gasteiger charge is 2.39. The first kappa shape index (κ1) is 23.3. The monoisotopic (exact) mass is 428 g/mol. The zero-order valence-electron chi connectivity index (χ0n) is 17.0. The van der Waals surface area contributed by atoms with Crippen molar-refractivity contribution in [2.75, 3.05) is 26.3 Å². The van der Waals surface area contributed by atoms with Crippen molar-refractivity contribution in [3.8, 4) is 0 Å². The second kappa shape index (κ2) is 11.3. The van der Waals surface area contributed by atoms with E-state index in [0.717, 1.165) is 5.56 Å². The third-order valence-corrected chi connectivity index (χ3v) is 6.10. The summed E-state index contributed by atoms with van der Waals surface area (Å²) in [4.78, 5) is 25.5. The molecule has 1 saturated heterocycles. The number of nitrogens with zero attached hydrogens (tertiary/aromatic N) is 1. The van der Waals surface area contributed by atoms with Gasteiger partial charge in [0.1, 0.15) is 12.7 Å². The first-order valence-corrected chi connectivity index (χ1v) is 11.2. The first-order chi connectivity index (χ1) is 13.9. The zero-order chi connectivity index (χ0) is 21.3. The molecule has 1 N–H and O–H groups in total. The average molecular weight is 428 g/mol. The molecule has 1 aliphatic heterocycles. The lowest BCUT2D eigenvalue weighted by molar-refractivity contribution is -0.149. The molecule has 1 heterocycles. The van der Waals surface area contributed by atoms with Gasteiger partial charge in [-0.2, -0.15) is 0 Å². The number of carbonyl (C=O) groups is 2. The van der Waals surface area contributed by atoms with Crippen molar-refractivity contribution >= 4 is 19.8 Å². The molecule has 1 aliphatic rings. The van der Waals surface area contributed by atoms with Crippen LogP contribution in [-0.4, -0.2) is 55.4 Å². The van der Waals surface area contributed by atoms with Crippen LogP contribution in [-0.2, 0) is 34.5 Å². The van der Waals surface area contributed by atoms with E-state index in [4.69, 9.17) is 18.5 Å². The molecule has 2 atom stereocenters. The van der Waals surface area contributed by atoms with Crippen LogP contribution in [0.5, 0.6) is 0 Å². The Kier molecular flexibility index (Phi) is 9.10. The normalized spacial score (nSPS) is 19.6. The lowest BCUT2D eigenvalue weighted by atomic mass is 10.0. The number of carbonyl (C=O) groups excluding carboxylic acids is 2. The van der Waals surface area contributed by atoms with Gasteiger partial charge < -0.3 is 14.4 Å². The number of amides is 1. The Balaban J connectivity index is 2.04. The third kappa shape index (κ3) is 7.44. The van der Waals surface area contributed by atoms with Crippen LogP contribution in [0.2, 0.25) is 0 Å². The highest BCUT2D eigenvalue weighted by atomic mass is 31.2. The average Bonchev–Trinajstić information content (AvgIpc) is 2.68. The summed E-state index contributed by atoms with van der Waals surface area (Å²) >= 11 is 0. The van der Waals surface area contributed by atoms with Crippen molar-refractivity contribution in [3.05, 3.63) is 35.9 Å². The molecule has 1 aromatic rings. The molecule has 0 saturated carbocycles. The van der Waals surface area contributed by atoms with Gasteiger partial charge in [-0.25, -0.2) is 14.4 Å². The molecule has 1 aromatic carbocycles. The van der Waals surface area contributed by atoms with Crippen molar-refractivity contribution in [1.82, 2.24) is 9.99 Å². The number of hydrogen-bond acceptors (Lipinski definition) is 7. The van der Waals surface area contributed by atoms with Crippen molar-refractivity contribution in [3.63, 3.8) is 0 Å². The Labute approximate surface area is 171 Å². The number of esters is 1. The zero-order valence-corrected chi connectivity index (χ0v) is 17.9. The summed E-state index contributed by atoms with van der Waals surface area (Å²) in [5.74, 6) is -0.454. The van der Waals surface area contributed by atoms with Crippen LogP contribution in [0.4, 0.5) is 4.79 Å². The van der Waals surface area contributed by atoms with Gasteiger partial charge in [0.05, 0.1) is 19.3 Å². The van der Waals surface area contributed by atoms with Crippen LogP contribution in [0, 0.1) is 0 Å². The Hall–Kier alpha value is -1.93. The summed E-state index contributed by atoms with van der Waals surface area (Å²) in [5.41, 5.74) is 0.877. The minimum Gasteiger partial charge on any atom is -0.461 e. The van der Waals surface area contributed by atoms with E-state index in [1.54, 1.807) is 13.8 Å². The van der Waals surface area contributed by atoms with E-state index < -0.39 is 32.0 Å². The van der Waals surface area contributed by atoms with Crippen molar-refractivity contribution < 1.29 is 32.7 Å². The Morgan fingerprint density at radius 3 is 2.41 bits per heavy atom. The molecular weight excluding hydrogens is 399 g/mol. The molecule has 9 nitrogen and oxygen atoms in total. The number of benzene rings is 1. The Morgan fingerprint density at radius 2 is 1.83 bits per heavy atom. The third-order valence-electron chi connectivity index (χ3n) is 4.25. The molecule has 162 valence electrons. The van der Waals surface area contributed by atoms with Gasteiger partial charge in [-0.05, 0) is 19.4 Å². The molecular formula is C19H29N2O7P. The van der Waals surface area contributed by atoms with E-state index in [2.05, 4.69) is 5.09 Å². The standard InChI is InChI=1S/C19H29N2O7P/c1-4-26-29(24,27-5-2)20-17-13-21(12-11-18(17)28-15(3)22)19(23)25-14-16-9-7-6-8-10-16/h6-10,17-18H,4-5,11-14H2,1-3H3,(H,20,24)/t17-,18-/m1/s1.